The summed E-state index contributed by atoms with van der Waals surface area (Å²) in [5, 5.41) is 2.91. The molecule has 3 N–H and O–H groups in total. The number of hydrogen-bond acceptors (Lipinski definition) is 5. The first-order valence-electron chi connectivity index (χ1n) is 7.10. The Labute approximate surface area is 124 Å². The van der Waals surface area contributed by atoms with E-state index in [1.54, 1.807) is 19.1 Å². The molecule has 1 aromatic rings. The Morgan fingerprint density at radius 3 is 2.90 bits per heavy atom. The molecule has 0 bridgehead atoms. The van der Waals surface area contributed by atoms with Crippen LogP contribution in [0.1, 0.15) is 30.6 Å². The number of ether oxygens (including phenoxy) is 1. The van der Waals surface area contributed by atoms with Gasteiger partial charge in [0.2, 0.25) is 5.91 Å². The molecule has 1 atom stereocenters. The van der Waals surface area contributed by atoms with Crippen molar-refractivity contribution in [3.63, 3.8) is 0 Å². The summed E-state index contributed by atoms with van der Waals surface area (Å²) in [6, 6.07) is 5.46. The molecule has 0 radical (unpaired) electrons. The van der Waals surface area contributed by atoms with Gasteiger partial charge in [-0.25, -0.2) is 4.79 Å². The SMILES string of the molecule is CCOC(=O)c1cccc(N2CCC(NC(C)=O)C2)c1N. The van der Waals surface area contributed by atoms with E-state index in [9.17, 15) is 9.59 Å². The van der Waals surface area contributed by atoms with Crippen molar-refractivity contribution in [2.45, 2.75) is 26.3 Å². The maximum atomic E-state index is 11.9. The van der Waals surface area contributed by atoms with Crippen molar-refractivity contribution < 1.29 is 14.3 Å². The Kier molecular flexibility index (Phi) is 4.67. The smallest absolute Gasteiger partial charge is 0.340 e. The molecule has 1 aliphatic heterocycles. The fourth-order valence-corrected chi connectivity index (χ4v) is 2.60. The molecule has 6 heteroatoms. The van der Waals surface area contributed by atoms with Crippen LogP contribution < -0.4 is 16.0 Å². The molecule has 1 heterocycles. The number of para-hydroxylation sites is 1. The van der Waals surface area contributed by atoms with Gasteiger partial charge in [0, 0.05) is 26.1 Å². The lowest BCUT2D eigenvalue weighted by Gasteiger charge is -2.22. The topological polar surface area (TPSA) is 84.7 Å². The van der Waals surface area contributed by atoms with Crippen molar-refractivity contribution in [2.75, 3.05) is 30.3 Å². The molecule has 1 saturated heterocycles. The van der Waals surface area contributed by atoms with Gasteiger partial charge in [0.1, 0.15) is 0 Å². The molecule has 2 rings (SSSR count). The third-order valence-corrected chi connectivity index (χ3v) is 3.51. The average molecular weight is 291 g/mol. The van der Waals surface area contributed by atoms with Crippen molar-refractivity contribution in [2.24, 2.45) is 0 Å². The monoisotopic (exact) mass is 291 g/mol. The van der Waals surface area contributed by atoms with Crippen molar-refractivity contribution in [1.82, 2.24) is 5.32 Å². The lowest BCUT2D eigenvalue weighted by atomic mass is 10.1. The van der Waals surface area contributed by atoms with Crippen LogP contribution in [0.2, 0.25) is 0 Å². The highest BCUT2D eigenvalue weighted by Gasteiger charge is 2.25. The number of nitrogens with zero attached hydrogens (tertiary/aromatic N) is 1. The van der Waals surface area contributed by atoms with E-state index in [0.717, 1.165) is 18.7 Å². The molecule has 114 valence electrons. The largest absolute Gasteiger partial charge is 0.462 e. The molecule has 21 heavy (non-hydrogen) atoms. The predicted molar refractivity (Wildman–Crippen MR) is 81.2 cm³/mol. The van der Waals surface area contributed by atoms with Gasteiger partial charge in [0.15, 0.2) is 0 Å². The van der Waals surface area contributed by atoms with E-state index in [0.29, 0.717) is 24.4 Å². The predicted octanol–water partition coefficient (Wildman–Crippen LogP) is 1.16. The number of esters is 1. The fourth-order valence-electron chi connectivity index (χ4n) is 2.60. The molecule has 0 spiro atoms. The quantitative estimate of drug-likeness (QED) is 0.642. The van der Waals surface area contributed by atoms with Gasteiger partial charge in [-0.1, -0.05) is 6.07 Å². The number of benzene rings is 1. The fraction of sp³-hybridized carbons (Fsp3) is 0.467. The third kappa shape index (κ3) is 3.45. The normalized spacial score (nSPS) is 17.6. The van der Waals surface area contributed by atoms with Crippen LogP contribution in [-0.4, -0.2) is 37.6 Å². The number of nitrogens with one attached hydrogen (secondary N) is 1. The second-order valence-electron chi connectivity index (χ2n) is 5.09. The summed E-state index contributed by atoms with van der Waals surface area (Å²) in [4.78, 5) is 25.1. The summed E-state index contributed by atoms with van der Waals surface area (Å²) in [6.07, 6.45) is 0.864. The van der Waals surface area contributed by atoms with Gasteiger partial charge in [0.25, 0.3) is 0 Å². The zero-order chi connectivity index (χ0) is 15.4. The summed E-state index contributed by atoms with van der Waals surface area (Å²) < 4.78 is 5.01. The lowest BCUT2D eigenvalue weighted by Crippen LogP contribution is -2.35. The van der Waals surface area contributed by atoms with E-state index in [1.807, 2.05) is 6.07 Å². The van der Waals surface area contributed by atoms with E-state index < -0.39 is 5.97 Å². The van der Waals surface area contributed by atoms with E-state index in [2.05, 4.69) is 10.2 Å². The maximum absolute atomic E-state index is 11.9. The van der Waals surface area contributed by atoms with Crippen LogP contribution in [0.25, 0.3) is 0 Å². The molecule has 1 aliphatic rings. The number of carbonyl (C=O) groups is 2. The number of nitrogens with two attached hydrogens (primary N) is 1. The highest BCUT2D eigenvalue weighted by atomic mass is 16.5. The molecule has 1 fully saturated rings. The number of amides is 1. The molecule has 0 saturated carbocycles. The van der Waals surface area contributed by atoms with Gasteiger partial charge in [-0.3, -0.25) is 4.79 Å². The number of nitrogen functional groups attached to an aromatic ring is 1. The number of hydrogen-bond donors (Lipinski definition) is 2. The first-order chi connectivity index (χ1) is 10.0. The Morgan fingerprint density at radius 2 is 2.24 bits per heavy atom. The molecular formula is C15H21N3O3. The minimum Gasteiger partial charge on any atom is -0.462 e. The van der Waals surface area contributed by atoms with Crippen molar-refractivity contribution in [3.8, 4) is 0 Å². The number of rotatable bonds is 4. The summed E-state index contributed by atoms with van der Waals surface area (Å²) in [5.74, 6) is -0.440. The van der Waals surface area contributed by atoms with Gasteiger partial charge in [-0.2, -0.15) is 0 Å². The van der Waals surface area contributed by atoms with Gasteiger partial charge >= 0.3 is 5.97 Å². The standard InChI is InChI=1S/C15H21N3O3/c1-3-21-15(20)12-5-4-6-13(14(12)16)18-8-7-11(9-18)17-10(2)19/h4-6,11H,3,7-9,16H2,1-2H3,(H,17,19). The third-order valence-electron chi connectivity index (χ3n) is 3.51. The minimum atomic E-state index is -0.408. The van der Waals surface area contributed by atoms with Gasteiger partial charge in [-0.15, -0.1) is 0 Å². The zero-order valence-electron chi connectivity index (χ0n) is 12.4. The highest BCUT2D eigenvalue weighted by Crippen LogP contribution is 2.30. The Balaban J connectivity index is 2.16. The van der Waals surface area contributed by atoms with Crippen LogP contribution in [-0.2, 0) is 9.53 Å². The van der Waals surface area contributed by atoms with Crippen LogP contribution in [0.15, 0.2) is 18.2 Å². The first-order valence-corrected chi connectivity index (χ1v) is 7.10. The Hall–Kier alpha value is -2.24. The number of anilines is 2. The van der Waals surface area contributed by atoms with Crippen LogP contribution in [0, 0.1) is 0 Å². The first kappa shape index (κ1) is 15.2. The molecular weight excluding hydrogens is 270 g/mol. The van der Waals surface area contributed by atoms with Crippen LogP contribution in [0.3, 0.4) is 0 Å². The maximum Gasteiger partial charge on any atom is 0.340 e. The van der Waals surface area contributed by atoms with Gasteiger partial charge in [-0.05, 0) is 25.5 Å². The van der Waals surface area contributed by atoms with E-state index in [4.69, 9.17) is 10.5 Å². The molecule has 1 unspecified atom stereocenters. The van der Waals surface area contributed by atoms with E-state index in [-0.39, 0.29) is 11.9 Å². The highest BCUT2D eigenvalue weighted by molar-refractivity contribution is 5.98. The minimum absolute atomic E-state index is 0.0323. The van der Waals surface area contributed by atoms with E-state index in [1.165, 1.54) is 6.92 Å². The molecule has 1 aromatic carbocycles. The van der Waals surface area contributed by atoms with Crippen LogP contribution in [0.5, 0.6) is 0 Å². The molecule has 6 nitrogen and oxygen atoms in total. The Bertz CT molecular complexity index is 545. The average Bonchev–Trinajstić information content (AvgIpc) is 2.86. The number of carbonyl (C=O) groups excluding carboxylic acids is 2. The summed E-state index contributed by atoms with van der Waals surface area (Å²) in [6.45, 7) is 5.07. The van der Waals surface area contributed by atoms with E-state index >= 15 is 0 Å². The lowest BCUT2D eigenvalue weighted by molar-refractivity contribution is -0.119. The van der Waals surface area contributed by atoms with Crippen molar-refractivity contribution in [1.29, 1.82) is 0 Å². The van der Waals surface area contributed by atoms with Crippen LogP contribution >= 0.6 is 0 Å². The van der Waals surface area contributed by atoms with Crippen molar-refractivity contribution in [3.05, 3.63) is 23.8 Å². The van der Waals surface area contributed by atoms with Gasteiger partial charge in [0.05, 0.1) is 23.5 Å². The Morgan fingerprint density at radius 1 is 1.48 bits per heavy atom. The molecule has 1 amide bonds. The summed E-state index contributed by atoms with van der Waals surface area (Å²) in [5.41, 5.74) is 7.74. The van der Waals surface area contributed by atoms with Gasteiger partial charge < -0.3 is 20.7 Å². The van der Waals surface area contributed by atoms with Crippen LogP contribution in [0.4, 0.5) is 11.4 Å². The van der Waals surface area contributed by atoms with Crippen molar-refractivity contribution >= 4 is 23.3 Å². The summed E-state index contributed by atoms with van der Waals surface area (Å²) >= 11 is 0. The molecule has 0 aliphatic carbocycles. The second kappa shape index (κ2) is 6.47. The molecule has 0 aromatic heterocycles. The second-order valence-corrected chi connectivity index (χ2v) is 5.09. The zero-order valence-corrected chi connectivity index (χ0v) is 12.4. The summed E-state index contributed by atoms with van der Waals surface area (Å²) in [7, 11) is 0.